The second-order valence-electron chi connectivity index (χ2n) is 5.23. The fraction of sp³-hybridized carbons (Fsp3) is 0.533. The third kappa shape index (κ3) is 6.33. The summed E-state index contributed by atoms with van der Waals surface area (Å²) in [6.45, 7) is 1.57. The van der Waals surface area contributed by atoms with Crippen molar-refractivity contribution >= 4 is 36.6 Å². The Labute approximate surface area is 149 Å². The van der Waals surface area contributed by atoms with Crippen molar-refractivity contribution in [3.05, 3.63) is 30.1 Å². The maximum atomic E-state index is 12.5. The van der Waals surface area contributed by atoms with Crippen molar-refractivity contribution < 1.29 is 9.59 Å². The summed E-state index contributed by atoms with van der Waals surface area (Å²) in [5.74, 6) is -0.0467. The zero-order valence-electron chi connectivity index (χ0n) is 12.9. The predicted molar refractivity (Wildman–Crippen MR) is 94.1 cm³/mol. The minimum Gasteiger partial charge on any atom is -0.354 e. The number of likely N-dealkylation sites (tertiary alicyclic amines) is 1. The number of nitrogens with one attached hydrogen (secondary N) is 1. The number of carbonyl (C=O) groups is 2. The van der Waals surface area contributed by atoms with Gasteiger partial charge in [-0.1, -0.05) is 0 Å². The summed E-state index contributed by atoms with van der Waals surface area (Å²) in [6.07, 6.45) is 6.57. The van der Waals surface area contributed by atoms with Gasteiger partial charge in [0, 0.05) is 50.1 Å². The maximum absolute atomic E-state index is 12.5. The molecule has 6 nitrogen and oxygen atoms in total. The smallest absolute Gasteiger partial charge is 0.254 e. The van der Waals surface area contributed by atoms with Gasteiger partial charge < -0.3 is 16.0 Å². The number of piperidine rings is 1. The van der Waals surface area contributed by atoms with Crippen LogP contribution in [0.25, 0.3) is 0 Å². The molecule has 0 aliphatic carbocycles. The molecule has 1 aromatic rings. The van der Waals surface area contributed by atoms with Gasteiger partial charge in [-0.15, -0.1) is 24.8 Å². The molecule has 1 atom stereocenters. The van der Waals surface area contributed by atoms with Gasteiger partial charge in [-0.2, -0.15) is 0 Å². The van der Waals surface area contributed by atoms with Gasteiger partial charge >= 0.3 is 0 Å². The summed E-state index contributed by atoms with van der Waals surface area (Å²) in [4.78, 5) is 29.9. The quantitative estimate of drug-likeness (QED) is 0.827. The van der Waals surface area contributed by atoms with E-state index in [0.717, 1.165) is 25.8 Å². The van der Waals surface area contributed by atoms with Gasteiger partial charge in [-0.3, -0.25) is 14.6 Å². The van der Waals surface area contributed by atoms with Crippen molar-refractivity contribution in [1.82, 2.24) is 15.2 Å². The summed E-state index contributed by atoms with van der Waals surface area (Å²) in [6, 6.07) is 3.50. The van der Waals surface area contributed by atoms with Gasteiger partial charge in [0.05, 0.1) is 0 Å². The molecule has 1 unspecified atom stereocenters. The average molecular weight is 363 g/mol. The van der Waals surface area contributed by atoms with E-state index in [1.54, 1.807) is 24.5 Å². The number of amides is 2. The average Bonchev–Trinajstić information content (AvgIpc) is 2.54. The van der Waals surface area contributed by atoms with E-state index in [1.807, 2.05) is 4.90 Å². The number of rotatable bonds is 5. The number of hydrogen-bond donors (Lipinski definition) is 2. The molecule has 130 valence electrons. The molecule has 0 aromatic carbocycles. The maximum Gasteiger partial charge on any atom is 0.254 e. The number of pyridine rings is 1. The van der Waals surface area contributed by atoms with E-state index in [1.165, 1.54) is 0 Å². The SMILES string of the molecule is Cl.Cl.NCCC(=O)NCC1CCCCN1C(=O)c1ccncc1. The molecule has 1 saturated heterocycles. The fourth-order valence-electron chi connectivity index (χ4n) is 2.59. The third-order valence-corrected chi connectivity index (χ3v) is 3.72. The van der Waals surface area contributed by atoms with Crippen LogP contribution in [0.15, 0.2) is 24.5 Å². The predicted octanol–water partition coefficient (Wildman–Crippen LogP) is 1.38. The molecule has 1 aromatic heterocycles. The van der Waals surface area contributed by atoms with E-state index in [0.29, 0.717) is 25.1 Å². The number of nitrogens with two attached hydrogens (primary N) is 1. The third-order valence-electron chi connectivity index (χ3n) is 3.72. The van der Waals surface area contributed by atoms with Crippen molar-refractivity contribution in [2.24, 2.45) is 5.73 Å². The first kappa shape index (κ1) is 21.6. The molecule has 0 radical (unpaired) electrons. The first-order valence-corrected chi connectivity index (χ1v) is 7.40. The highest BCUT2D eigenvalue weighted by molar-refractivity contribution is 5.94. The normalized spacial score (nSPS) is 16.7. The van der Waals surface area contributed by atoms with Crippen LogP contribution < -0.4 is 11.1 Å². The number of halogens is 2. The van der Waals surface area contributed by atoms with Crippen LogP contribution in [0.5, 0.6) is 0 Å². The molecule has 2 amide bonds. The van der Waals surface area contributed by atoms with E-state index in [4.69, 9.17) is 5.73 Å². The summed E-state index contributed by atoms with van der Waals surface area (Å²) in [5.41, 5.74) is 6.00. The van der Waals surface area contributed by atoms with E-state index in [9.17, 15) is 9.59 Å². The molecule has 1 fully saturated rings. The number of nitrogens with zero attached hydrogens (tertiary/aromatic N) is 2. The molecule has 2 heterocycles. The molecule has 3 N–H and O–H groups in total. The molecule has 0 bridgehead atoms. The zero-order valence-corrected chi connectivity index (χ0v) is 14.6. The van der Waals surface area contributed by atoms with Crippen LogP contribution in [0.1, 0.15) is 36.0 Å². The number of aromatic nitrogens is 1. The standard InChI is InChI=1S/C15H22N4O2.2ClH/c16-7-4-14(20)18-11-13-3-1-2-10-19(13)15(21)12-5-8-17-9-6-12;;/h5-6,8-9,13H,1-4,7,10-11,16H2,(H,18,20);2*1H. The first-order valence-electron chi connectivity index (χ1n) is 7.40. The fourth-order valence-corrected chi connectivity index (χ4v) is 2.59. The Kier molecular flexibility index (Phi) is 10.5. The molecule has 23 heavy (non-hydrogen) atoms. The highest BCUT2D eigenvalue weighted by atomic mass is 35.5. The van der Waals surface area contributed by atoms with Crippen molar-refractivity contribution in [1.29, 1.82) is 0 Å². The van der Waals surface area contributed by atoms with Gasteiger partial charge in [0.15, 0.2) is 0 Å². The van der Waals surface area contributed by atoms with Crippen LogP contribution >= 0.6 is 24.8 Å². The molecule has 1 aliphatic heterocycles. The lowest BCUT2D eigenvalue weighted by atomic mass is 10.0. The molecule has 0 spiro atoms. The van der Waals surface area contributed by atoms with Crippen molar-refractivity contribution in [3.8, 4) is 0 Å². The first-order chi connectivity index (χ1) is 10.2. The lowest BCUT2D eigenvalue weighted by molar-refractivity contribution is -0.121. The van der Waals surface area contributed by atoms with E-state index < -0.39 is 0 Å². The van der Waals surface area contributed by atoms with Crippen LogP contribution in [-0.2, 0) is 4.79 Å². The summed E-state index contributed by atoms with van der Waals surface area (Å²) >= 11 is 0. The summed E-state index contributed by atoms with van der Waals surface area (Å²) in [5, 5.41) is 2.86. The Balaban J connectivity index is 0.00000242. The van der Waals surface area contributed by atoms with Gasteiger partial charge in [0.25, 0.3) is 5.91 Å². The molecular formula is C15H24Cl2N4O2. The lowest BCUT2D eigenvalue weighted by Crippen LogP contribution is -2.49. The van der Waals surface area contributed by atoms with Crippen LogP contribution in [0.3, 0.4) is 0 Å². The summed E-state index contributed by atoms with van der Waals surface area (Å²) in [7, 11) is 0. The minimum atomic E-state index is -0.0561. The van der Waals surface area contributed by atoms with Gasteiger partial charge in [0.1, 0.15) is 0 Å². The van der Waals surface area contributed by atoms with Crippen LogP contribution in [0.4, 0.5) is 0 Å². The van der Waals surface area contributed by atoms with Crippen molar-refractivity contribution in [2.75, 3.05) is 19.6 Å². The Bertz CT molecular complexity index is 488. The molecule has 2 rings (SSSR count). The molecule has 0 saturated carbocycles. The second-order valence-corrected chi connectivity index (χ2v) is 5.23. The largest absolute Gasteiger partial charge is 0.354 e. The van der Waals surface area contributed by atoms with E-state index in [-0.39, 0.29) is 42.7 Å². The van der Waals surface area contributed by atoms with Gasteiger partial charge in [-0.25, -0.2) is 0 Å². The molecule has 1 aliphatic rings. The Morgan fingerprint density at radius 2 is 1.96 bits per heavy atom. The lowest BCUT2D eigenvalue weighted by Gasteiger charge is -2.36. The molecular weight excluding hydrogens is 339 g/mol. The van der Waals surface area contributed by atoms with Gasteiger partial charge in [-0.05, 0) is 31.4 Å². The number of hydrogen-bond acceptors (Lipinski definition) is 4. The van der Waals surface area contributed by atoms with E-state index >= 15 is 0 Å². The van der Waals surface area contributed by atoms with Crippen LogP contribution in [-0.4, -0.2) is 47.4 Å². The topological polar surface area (TPSA) is 88.3 Å². The van der Waals surface area contributed by atoms with Crippen LogP contribution in [0.2, 0.25) is 0 Å². The van der Waals surface area contributed by atoms with Crippen molar-refractivity contribution in [3.63, 3.8) is 0 Å². The number of carbonyl (C=O) groups excluding carboxylic acids is 2. The molecule has 8 heteroatoms. The highest BCUT2D eigenvalue weighted by Crippen LogP contribution is 2.19. The monoisotopic (exact) mass is 362 g/mol. The van der Waals surface area contributed by atoms with Crippen LogP contribution in [0, 0.1) is 0 Å². The zero-order chi connectivity index (χ0) is 15.1. The Hall–Kier alpha value is -1.37. The minimum absolute atomic E-state index is 0. The van der Waals surface area contributed by atoms with Gasteiger partial charge in [0.2, 0.25) is 5.91 Å². The Morgan fingerprint density at radius 1 is 1.26 bits per heavy atom. The van der Waals surface area contributed by atoms with Crippen molar-refractivity contribution in [2.45, 2.75) is 31.7 Å². The Morgan fingerprint density at radius 3 is 2.61 bits per heavy atom. The van der Waals surface area contributed by atoms with E-state index in [2.05, 4.69) is 10.3 Å². The second kappa shape index (κ2) is 11.2. The summed E-state index contributed by atoms with van der Waals surface area (Å²) < 4.78 is 0. The highest BCUT2D eigenvalue weighted by Gasteiger charge is 2.27.